The van der Waals surface area contributed by atoms with Gasteiger partial charge in [0.1, 0.15) is 0 Å². The molecule has 0 radical (unpaired) electrons. The maximum Gasteiger partial charge on any atom is 0.305 e. The fourth-order valence-electron chi connectivity index (χ4n) is 1.41. The van der Waals surface area contributed by atoms with Crippen LogP contribution in [0.25, 0.3) is 0 Å². The minimum Gasteiger partial charge on any atom is -0.466 e. The van der Waals surface area contributed by atoms with Crippen LogP contribution in [-0.4, -0.2) is 22.4 Å². The fraction of sp³-hybridized carbons (Fsp3) is 0.636. The van der Waals surface area contributed by atoms with E-state index < -0.39 is 0 Å². The van der Waals surface area contributed by atoms with Gasteiger partial charge < -0.3 is 4.74 Å². The van der Waals surface area contributed by atoms with Crippen LogP contribution in [0.4, 0.5) is 0 Å². The monoisotopic (exact) mass is 244 g/mol. The zero-order valence-corrected chi connectivity index (χ0v) is 10.2. The Labute approximate surface area is 101 Å². The summed E-state index contributed by atoms with van der Waals surface area (Å²) in [5.41, 5.74) is 0. The van der Waals surface area contributed by atoms with E-state index in [4.69, 9.17) is 16.3 Å². The number of esters is 1. The quantitative estimate of drug-likeness (QED) is 0.547. The Hall–Kier alpha value is -1.03. The van der Waals surface area contributed by atoms with Crippen molar-refractivity contribution in [3.63, 3.8) is 0 Å². The van der Waals surface area contributed by atoms with E-state index in [2.05, 4.69) is 5.10 Å². The largest absolute Gasteiger partial charge is 0.466 e. The highest BCUT2D eigenvalue weighted by Crippen LogP contribution is 2.07. The summed E-state index contributed by atoms with van der Waals surface area (Å²) >= 11 is 5.73. The average Bonchev–Trinajstić information content (AvgIpc) is 2.64. The summed E-state index contributed by atoms with van der Waals surface area (Å²) in [6.45, 7) is 3.12. The van der Waals surface area contributed by atoms with Gasteiger partial charge in [-0.25, -0.2) is 0 Å². The zero-order valence-electron chi connectivity index (χ0n) is 9.49. The second kappa shape index (κ2) is 7.28. The van der Waals surface area contributed by atoms with Gasteiger partial charge in [0.05, 0.1) is 17.8 Å². The predicted molar refractivity (Wildman–Crippen MR) is 62.3 cm³/mol. The van der Waals surface area contributed by atoms with Crippen LogP contribution in [0.2, 0.25) is 5.02 Å². The summed E-state index contributed by atoms with van der Waals surface area (Å²) in [7, 11) is 0. The first kappa shape index (κ1) is 13.0. The van der Waals surface area contributed by atoms with E-state index >= 15 is 0 Å². The Morgan fingerprint density at radius 2 is 2.31 bits per heavy atom. The molecule has 0 amide bonds. The molecule has 1 aromatic heterocycles. The third-order valence-corrected chi connectivity index (χ3v) is 2.37. The van der Waals surface area contributed by atoms with Crippen molar-refractivity contribution in [3.05, 3.63) is 17.4 Å². The molecule has 0 aromatic carbocycles. The van der Waals surface area contributed by atoms with Gasteiger partial charge in [0.15, 0.2) is 0 Å². The molecule has 90 valence electrons. The Morgan fingerprint density at radius 1 is 1.50 bits per heavy atom. The van der Waals surface area contributed by atoms with Crippen molar-refractivity contribution in [3.8, 4) is 0 Å². The van der Waals surface area contributed by atoms with Crippen LogP contribution in [0.3, 0.4) is 0 Å². The van der Waals surface area contributed by atoms with Crippen LogP contribution in [-0.2, 0) is 16.1 Å². The highest BCUT2D eigenvalue weighted by molar-refractivity contribution is 6.30. The van der Waals surface area contributed by atoms with Crippen molar-refractivity contribution in [1.29, 1.82) is 0 Å². The maximum atomic E-state index is 11.0. The smallest absolute Gasteiger partial charge is 0.305 e. The van der Waals surface area contributed by atoms with E-state index in [1.54, 1.807) is 12.4 Å². The van der Waals surface area contributed by atoms with Gasteiger partial charge in [-0.15, -0.1) is 0 Å². The Morgan fingerprint density at radius 3 is 2.94 bits per heavy atom. The number of rotatable bonds is 7. The normalized spacial score (nSPS) is 10.4. The lowest BCUT2D eigenvalue weighted by atomic mass is 10.2. The molecule has 5 heteroatoms. The van der Waals surface area contributed by atoms with Gasteiger partial charge in [-0.05, 0) is 19.8 Å². The average molecular weight is 245 g/mol. The summed E-state index contributed by atoms with van der Waals surface area (Å²) in [6, 6.07) is 0. The Kier molecular flexibility index (Phi) is 5.93. The molecule has 1 rings (SSSR count). The van der Waals surface area contributed by atoms with E-state index in [1.165, 1.54) is 0 Å². The molecular weight excluding hydrogens is 228 g/mol. The van der Waals surface area contributed by atoms with Gasteiger partial charge in [0.25, 0.3) is 0 Å². The second-order valence-corrected chi connectivity index (χ2v) is 3.97. The number of unbranched alkanes of at least 4 members (excludes halogenated alkanes) is 2. The molecule has 0 aliphatic heterocycles. The molecule has 0 unspecified atom stereocenters. The highest BCUT2D eigenvalue weighted by atomic mass is 35.5. The van der Waals surface area contributed by atoms with Crippen molar-refractivity contribution in [2.75, 3.05) is 6.61 Å². The number of carbonyl (C=O) groups is 1. The number of aromatic nitrogens is 2. The van der Waals surface area contributed by atoms with Crippen LogP contribution in [0.1, 0.15) is 32.6 Å². The van der Waals surface area contributed by atoms with E-state index in [0.29, 0.717) is 18.1 Å². The minimum absolute atomic E-state index is 0.107. The van der Waals surface area contributed by atoms with Gasteiger partial charge in [0, 0.05) is 19.2 Å². The zero-order chi connectivity index (χ0) is 11.8. The van der Waals surface area contributed by atoms with Gasteiger partial charge in [0.2, 0.25) is 0 Å². The summed E-state index contributed by atoms with van der Waals surface area (Å²) in [5, 5.41) is 4.73. The maximum absolute atomic E-state index is 11.0. The standard InChI is InChI=1S/C11H17ClN2O2/c1-2-16-11(15)6-4-3-5-7-14-9-10(12)8-13-14/h8-9H,2-7H2,1H3. The van der Waals surface area contributed by atoms with Crippen LogP contribution >= 0.6 is 11.6 Å². The second-order valence-electron chi connectivity index (χ2n) is 3.54. The van der Waals surface area contributed by atoms with Gasteiger partial charge in [-0.3, -0.25) is 9.48 Å². The number of nitrogens with zero attached hydrogens (tertiary/aromatic N) is 2. The van der Waals surface area contributed by atoms with Gasteiger partial charge >= 0.3 is 5.97 Å². The number of carbonyl (C=O) groups excluding carboxylic acids is 1. The molecule has 0 fully saturated rings. The number of halogens is 1. The highest BCUT2D eigenvalue weighted by Gasteiger charge is 2.01. The van der Waals surface area contributed by atoms with E-state index in [0.717, 1.165) is 25.8 Å². The van der Waals surface area contributed by atoms with E-state index in [1.807, 2.05) is 11.6 Å². The van der Waals surface area contributed by atoms with E-state index in [-0.39, 0.29) is 5.97 Å². The summed E-state index contributed by atoms with van der Waals surface area (Å²) in [4.78, 5) is 11.0. The minimum atomic E-state index is -0.107. The molecule has 0 atom stereocenters. The van der Waals surface area contributed by atoms with Gasteiger partial charge in [-0.1, -0.05) is 18.0 Å². The number of hydrogen-bond acceptors (Lipinski definition) is 3. The molecule has 16 heavy (non-hydrogen) atoms. The summed E-state index contributed by atoms with van der Waals surface area (Å²) in [6.07, 6.45) is 6.79. The first-order valence-corrected chi connectivity index (χ1v) is 5.93. The lowest BCUT2D eigenvalue weighted by Crippen LogP contribution is -2.04. The molecule has 4 nitrogen and oxygen atoms in total. The molecule has 1 aromatic rings. The summed E-state index contributed by atoms with van der Waals surface area (Å²) < 4.78 is 6.65. The van der Waals surface area contributed by atoms with Crippen LogP contribution < -0.4 is 0 Å². The molecule has 0 aliphatic rings. The predicted octanol–water partition coefficient (Wildman–Crippen LogP) is 2.66. The van der Waals surface area contributed by atoms with Crippen LogP contribution in [0.15, 0.2) is 12.4 Å². The molecule has 0 aliphatic carbocycles. The van der Waals surface area contributed by atoms with Crippen molar-refractivity contribution < 1.29 is 9.53 Å². The lowest BCUT2D eigenvalue weighted by Gasteiger charge is -2.02. The third kappa shape index (κ3) is 5.16. The fourth-order valence-corrected chi connectivity index (χ4v) is 1.57. The molecule has 0 saturated carbocycles. The molecule has 0 saturated heterocycles. The molecule has 0 N–H and O–H groups in total. The van der Waals surface area contributed by atoms with Crippen molar-refractivity contribution in [2.24, 2.45) is 0 Å². The summed E-state index contributed by atoms with van der Waals surface area (Å²) in [5.74, 6) is -0.107. The lowest BCUT2D eigenvalue weighted by molar-refractivity contribution is -0.143. The van der Waals surface area contributed by atoms with Crippen molar-refractivity contribution >= 4 is 17.6 Å². The van der Waals surface area contributed by atoms with Gasteiger partial charge in [-0.2, -0.15) is 5.10 Å². The molecule has 1 heterocycles. The first-order valence-electron chi connectivity index (χ1n) is 5.56. The van der Waals surface area contributed by atoms with Crippen molar-refractivity contribution in [2.45, 2.75) is 39.2 Å². The number of aryl methyl sites for hydroxylation is 1. The number of ether oxygens (including phenoxy) is 1. The Bertz CT molecular complexity index is 326. The SMILES string of the molecule is CCOC(=O)CCCCCn1cc(Cl)cn1. The Balaban J connectivity index is 2.02. The molecule has 0 bridgehead atoms. The van der Waals surface area contributed by atoms with Crippen LogP contribution in [0, 0.1) is 0 Å². The van der Waals surface area contributed by atoms with Crippen molar-refractivity contribution in [1.82, 2.24) is 9.78 Å². The van der Waals surface area contributed by atoms with Crippen LogP contribution in [0.5, 0.6) is 0 Å². The van der Waals surface area contributed by atoms with E-state index in [9.17, 15) is 4.79 Å². The number of hydrogen-bond donors (Lipinski definition) is 0. The molecular formula is C11H17ClN2O2. The first-order chi connectivity index (χ1) is 7.72. The third-order valence-electron chi connectivity index (χ3n) is 2.18. The topological polar surface area (TPSA) is 44.1 Å². The molecule has 0 spiro atoms.